The van der Waals surface area contributed by atoms with E-state index in [0.29, 0.717) is 12.0 Å². The first-order chi connectivity index (χ1) is 9.38. The van der Waals surface area contributed by atoms with Gasteiger partial charge in [0.25, 0.3) is 0 Å². The minimum atomic E-state index is 0.502. The average molecular weight is 261 g/mol. The van der Waals surface area contributed by atoms with Crippen molar-refractivity contribution in [2.75, 3.05) is 26.9 Å². The van der Waals surface area contributed by atoms with Crippen LogP contribution in [0.5, 0.6) is 5.75 Å². The van der Waals surface area contributed by atoms with E-state index in [9.17, 15) is 0 Å². The molecule has 0 radical (unpaired) electrons. The van der Waals surface area contributed by atoms with E-state index in [0.717, 1.165) is 44.8 Å². The van der Waals surface area contributed by atoms with Gasteiger partial charge in [-0.3, -0.25) is 0 Å². The number of ether oxygens (including phenoxy) is 2. The van der Waals surface area contributed by atoms with Crippen LogP contribution >= 0.6 is 0 Å². The Morgan fingerprint density at radius 2 is 2.11 bits per heavy atom. The van der Waals surface area contributed by atoms with Crippen molar-refractivity contribution in [3.8, 4) is 5.75 Å². The number of benzene rings is 1. The Bertz CT molecular complexity index is 427. The molecule has 3 rings (SSSR count). The first-order valence-corrected chi connectivity index (χ1v) is 7.38. The van der Waals surface area contributed by atoms with E-state index >= 15 is 0 Å². The molecule has 19 heavy (non-hydrogen) atoms. The van der Waals surface area contributed by atoms with E-state index in [-0.39, 0.29) is 0 Å². The van der Waals surface area contributed by atoms with Crippen LogP contribution in [-0.4, -0.2) is 26.9 Å². The molecule has 0 amide bonds. The normalized spacial score (nSPS) is 23.3. The predicted molar refractivity (Wildman–Crippen MR) is 75.6 cm³/mol. The lowest BCUT2D eigenvalue weighted by atomic mass is 10.0. The molecule has 0 spiro atoms. The van der Waals surface area contributed by atoms with Crippen LogP contribution in [0, 0.1) is 5.92 Å². The summed E-state index contributed by atoms with van der Waals surface area (Å²) in [5.74, 6) is 1.76. The Morgan fingerprint density at radius 1 is 1.26 bits per heavy atom. The minimum absolute atomic E-state index is 0.502. The molecule has 104 valence electrons. The van der Waals surface area contributed by atoms with Crippen molar-refractivity contribution < 1.29 is 9.47 Å². The minimum Gasteiger partial charge on any atom is -0.493 e. The molecule has 1 aromatic rings. The molecule has 0 saturated carbocycles. The maximum Gasteiger partial charge on any atom is 0.122 e. The van der Waals surface area contributed by atoms with E-state index < -0.39 is 0 Å². The molecule has 1 aliphatic heterocycles. The summed E-state index contributed by atoms with van der Waals surface area (Å²) < 4.78 is 11.5. The van der Waals surface area contributed by atoms with Crippen LogP contribution in [0.3, 0.4) is 0 Å². The van der Waals surface area contributed by atoms with Crippen LogP contribution in [0.4, 0.5) is 0 Å². The third kappa shape index (κ3) is 2.77. The van der Waals surface area contributed by atoms with Crippen molar-refractivity contribution in [2.24, 2.45) is 5.92 Å². The van der Waals surface area contributed by atoms with Crippen LogP contribution < -0.4 is 10.1 Å². The van der Waals surface area contributed by atoms with E-state index in [1.807, 2.05) is 7.05 Å². The van der Waals surface area contributed by atoms with Crippen LogP contribution in [0.1, 0.15) is 36.4 Å². The van der Waals surface area contributed by atoms with Crippen LogP contribution in [0.15, 0.2) is 18.2 Å². The van der Waals surface area contributed by atoms with Crippen LogP contribution in [0.25, 0.3) is 0 Å². The second kappa shape index (κ2) is 5.93. The lowest BCUT2D eigenvalue weighted by molar-refractivity contribution is 0.0496. The van der Waals surface area contributed by atoms with Crippen LogP contribution in [0.2, 0.25) is 0 Å². The molecule has 1 aromatic carbocycles. The predicted octanol–water partition coefficient (Wildman–Crippen LogP) is 2.70. The first-order valence-electron chi connectivity index (χ1n) is 7.38. The topological polar surface area (TPSA) is 30.5 Å². The summed E-state index contributed by atoms with van der Waals surface area (Å²) in [4.78, 5) is 0. The van der Waals surface area contributed by atoms with Gasteiger partial charge in [0.15, 0.2) is 0 Å². The standard InChI is InChI=1S/C16H23NO2/c1-17-15-6-5-14-13(15)3-2-4-16(14)19-11-12-7-9-18-10-8-12/h2-4,12,15,17H,5-11H2,1H3. The smallest absolute Gasteiger partial charge is 0.122 e. The fourth-order valence-electron chi connectivity index (χ4n) is 3.18. The second-order valence-corrected chi connectivity index (χ2v) is 5.57. The zero-order chi connectivity index (χ0) is 13.1. The Hall–Kier alpha value is -1.06. The van der Waals surface area contributed by atoms with Gasteiger partial charge in [-0.1, -0.05) is 12.1 Å². The molecule has 1 atom stereocenters. The molecule has 1 aliphatic carbocycles. The SMILES string of the molecule is CNC1CCc2c(OCC3CCOCC3)cccc21. The van der Waals surface area contributed by atoms with Crippen molar-refractivity contribution in [1.29, 1.82) is 0 Å². The maximum atomic E-state index is 6.10. The number of nitrogens with one attached hydrogen (secondary N) is 1. The highest BCUT2D eigenvalue weighted by molar-refractivity contribution is 5.45. The third-order valence-electron chi connectivity index (χ3n) is 4.39. The van der Waals surface area contributed by atoms with Gasteiger partial charge in [-0.05, 0) is 55.8 Å². The van der Waals surface area contributed by atoms with E-state index in [1.165, 1.54) is 17.5 Å². The molecule has 0 bridgehead atoms. The summed E-state index contributed by atoms with van der Waals surface area (Å²) in [7, 11) is 2.04. The number of rotatable bonds is 4. The number of hydrogen-bond acceptors (Lipinski definition) is 3. The highest BCUT2D eigenvalue weighted by atomic mass is 16.5. The van der Waals surface area contributed by atoms with Crippen molar-refractivity contribution in [2.45, 2.75) is 31.7 Å². The van der Waals surface area contributed by atoms with E-state index in [2.05, 4.69) is 23.5 Å². The lowest BCUT2D eigenvalue weighted by Crippen LogP contribution is -2.21. The summed E-state index contributed by atoms with van der Waals surface area (Å²) >= 11 is 0. The third-order valence-corrected chi connectivity index (χ3v) is 4.39. The van der Waals surface area contributed by atoms with Crippen molar-refractivity contribution in [3.63, 3.8) is 0 Å². The van der Waals surface area contributed by atoms with Gasteiger partial charge in [-0.15, -0.1) is 0 Å². The van der Waals surface area contributed by atoms with Crippen molar-refractivity contribution >= 4 is 0 Å². The van der Waals surface area contributed by atoms with Gasteiger partial charge in [0, 0.05) is 19.3 Å². The number of fused-ring (bicyclic) bond motifs is 1. The van der Waals surface area contributed by atoms with Crippen molar-refractivity contribution in [3.05, 3.63) is 29.3 Å². The summed E-state index contributed by atoms with van der Waals surface area (Å²) in [6.45, 7) is 2.62. The largest absolute Gasteiger partial charge is 0.493 e. The Kier molecular flexibility index (Phi) is 4.04. The molecule has 3 nitrogen and oxygen atoms in total. The molecular formula is C16H23NO2. The Balaban J connectivity index is 1.66. The van der Waals surface area contributed by atoms with Crippen LogP contribution in [-0.2, 0) is 11.2 Å². The zero-order valence-electron chi connectivity index (χ0n) is 11.7. The summed E-state index contributed by atoms with van der Waals surface area (Å²) in [6, 6.07) is 6.97. The molecule has 1 N–H and O–H groups in total. The fraction of sp³-hybridized carbons (Fsp3) is 0.625. The molecule has 1 unspecified atom stereocenters. The van der Waals surface area contributed by atoms with E-state index in [4.69, 9.17) is 9.47 Å². The van der Waals surface area contributed by atoms with Gasteiger partial charge in [0.05, 0.1) is 6.61 Å². The maximum absolute atomic E-state index is 6.10. The van der Waals surface area contributed by atoms with E-state index in [1.54, 1.807) is 0 Å². The molecule has 0 aromatic heterocycles. The summed E-state index contributed by atoms with van der Waals surface area (Å²) in [6.07, 6.45) is 4.58. The highest BCUT2D eigenvalue weighted by Gasteiger charge is 2.24. The first kappa shape index (κ1) is 12.9. The average Bonchev–Trinajstić information content (AvgIpc) is 2.90. The van der Waals surface area contributed by atoms with Crippen molar-refractivity contribution in [1.82, 2.24) is 5.32 Å². The van der Waals surface area contributed by atoms with Gasteiger partial charge in [-0.25, -0.2) is 0 Å². The quantitative estimate of drug-likeness (QED) is 0.904. The molecule has 2 aliphatic rings. The van der Waals surface area contributed by atoms with Gasteiger partial charge >= 0.3 is 0 Å². The molecular weight excluding hydrogens is 238 g/mol. The lowest BCUT2D eigenvalue weighted by Gasteiger charge is -2.22. The fourth-order valence-corrected chi connectivity index (χ4v) is 3.18. The van der Waals surface area contributed by atoms with Gasteiger partial charge in [-0.2, -0.15) is 0 Å². The second-order valence-electron chi connectivity index (χ2n) is 5.57. The summed E-state index contributed by atoms with van der Waals surface area (Å²) in [5, 5.41) is 3.38. The van der Waals surface area contributed by atoms with Gasteiger partial charge < -0.3 is 14.8 Å². The Morgan fingerprint density at radius 3 is 2.89 bits per heavy atom. The zero-order valence-corrected chi connectivity index (χ0v) is 11.7. The van der Waals surface area contributed by atoms with Gasteiger partial charge in [0.1, 0.15) is 5.75 Å². The summed E-state index contributed by atoms with van der Waals surface area (Å²) in [5.41, 5.74) is 2.83. The molecule has 3 heteroatoms. The monoisotopic (exact) mass is 261 g/mol. The molecule has 1 saturated heterocycles. The van der Waals surface area contributed by atoms with Gasteiger partial charge in [0.2, 0.25) is 0 Å². The molecule has 1 fully saturated rings. The number of hydrogen-bond donors (Lipinski definition) is 1. The highest BCUT2D eigenvalue weighted by Crippen LogP contribution is 2.36. The Labute approximate surface area is 115 Å². The molecule has 1 heterocycles.